The normalized spacial score (nSPS) is 17.3. The molecule has 0 aliphatic heterocycles. The van der Waals surface area contributed by atoms with E-state index in [0.29, 0.717) is 0 Å². The third kappa shape index (κ3) is 3.52. The van der Waals surface area contributed by atoms with Crippen molar-refractivity contribution in [2.45, 2.75) is 44.8 Å². The summed E-state index contributed by atoms with van der Waals surface area (Å²) < 4.78 is 0. The van der Waals surface area contributed by atoms with Crippen LogP contribution < -0.4 is 0 Å². The minimum Gasteiger partial charge on any atom is -0.360 e. The molecule has 2 nitrogen and oxygen atoms in total. The second-order valence-corrected chi connectivity index (χ2v) is 5.13. The van der Waals surface area contributed by atoms with Crippen molar-refractivity contribution in [3.8, 4) is 0 Å². The average Bonchev–Trinajstić information content (AvgIpc) is 2.69. The first-order valence-corrected chi connectivity index (χ1v) is 6.76. The van der Waals surface area contributed by atoms with Gasteiger partial charge in [0.15, 0.2) is 0 Å². The van der Waals surface area contributed by atoms with Crippen LogP contribution in [0.1, 0.15) is 39.5 Å². The number of thioether (sulfide) groups is 1. The van der Waals surface area contributed by atoms with E-state index in [1.54, 1.807) is 0 Å². The van der Waals surface area contributed by atoms with Crippen molar-refractivity contribution in [1.29, 1.82) is 5.41 Å². The van der Waals surface area contributed by atoms with Crippen LogP contribution >= 0.6 is 11.8 Å². The molecule has 0 atom stereocenters. The molecule has 0 aromatic heterocycles. The molecule has 1 N–H and O–H groups in total. The number of hydrogen-bond acceptors (Lipinski definition) is 2. The number of rotatable bonds is 5. The van der Waals surface area contributed by atoms with E-state index in [1.165, 1.54) is 25.7 Å². The molecule has 0 radical (unpaired) electrons. The Kier molecular flexibility index (Phi) is 5.38. The summed E-state index contributed by atoms with van der Waals surface area (Å²) in [5.74, 6) is 1.72. The van der Waals surface area contributed by atoms with Crippen LogP contribution in [-0.2, 0) is 0 Å². The van der Waals surface area contributed by atoms with E-state index in [0.717, 1.165) is 29.9 Å². The van der Waals surface area contributed by atoms with E-state index in [9.17, 15) is 0 Å². The first-order valence-electron chi connectivity index (χ1n) is 5.71. The van der Waals surface area contributed by atoms with Gasteiger partial charge in [0.2, 0.25) is 0 Å². The van der Waals surface area contributed by atoms with Gasteiger partial charge in [-0.1, -0.05) is 12.8 Å². The van der Waals surface area contributed by atoms with E-state index in [1.807, 2.05) is 11.8 Å². The van der Waals surface area contributed by atoms with Gasteiger partial charge in [-0.15, -0.1) is 0 Å². The predicted octanol–water partition coefficient (Wildman–Crippen LogP) is 2.98. The quantitative estimate of drug-likeness (QED) is 0.562. The van der Waals surface area contributed by atoms with Crippen LogP contribution in [0.15, 0.2) is 0 Å². The lowest BCUT2D eigenvalue weighted by molar-refractivity contribution is 0.461. The van der Waals surface area contributed by atoms with Gasteiger partial charge in [0, 0.05) is 18.3 Å². The fourth-order valence-electron chi connectivity index (χ4n) is 1.95. The Morgan fingerprint density at radius 1 is 1.29 bits per heavy atom. The molecule has 0 bridgehead atoms. The van der Waals surface area contributed by atoms with Crippen molar-refractivity contribution in [3.63, 3.8) is 0 Å². The Bertz CT molecular complexity index is 172. The van der Waals surface area contributed by atoms with E-state index < -0.39 is 0 Å². The fourth-order valence-corrected chi connectivity index (χ4v) is 3.19. The Morgan fingerprint density at radius 2 is 1.86 bits per heavy atom. The molecule has 0 amide bonds. The van der Waals surface area contributed by atoms with E-state index >= 15 is 0 Å². The highest BCUT2D eigenvalue weighted by molar-refractivity contribution is 8.00. The second kappa shape index (κ2) is 6.33. The molecular formula is C11H22N2S. The Balaban J connectivity index is 2.18. The number of amidine groups is 1. The lowest BCUT2D eigenvalue weighted by atomic mass is 10.4. The van der Waals surface area contributed by atoms with Gasteiger partial charge >= 0.3 is 0 Å². The predicted molar refractivity (Wildman–Crippen MR) is 65.4 cm³/mol. The molecule has 82 valence electrons. The molecule has 0 saturated heterocycles. The van der Waals surface area contributed by atoms with Crippen molar-refractivity contribution in [3.05, 3.63) is 0 Å². The van der Waals surface area contributed by atoms with E-state index in [4.69, 9.17) is 5.41 Å². The molecule has 1 aliphatic rings. The maximum absolute atomic E-state index is 7.91. The lowest BCUT2D eigenvalue weighted by Gasteiger charge is -2.22. The maximum atomic E-state index is 7.91. The highest BCUT2D eigenvalue weighted by Crippen LogP contribution is 2.29. The van der Waals surface area contributed by atoms with Crippen LogP contribution in [0.5, 0.6) is 0 Å². The van der Waals surface area contributed by atoms with Crippen LogP contribution in [0.2, 0.25) is 0 Å². The number of nitrogens with one attached hydrogen (secondary N) is 1. The zero-order valence-corrected chi connectivity index (χ0v) is 10.2. The maximum Gasteiger partial charge on any atom is 0.106 e. The van der Waals surface area contributed by atoms with Gasteiger partial charge in [0.25, 0.3) is 0 Å². The largest absolute Gasteiger partial charge is 0.360 e. The fraction of sp³-hybridized carbons (Fsp3) is 0.909. The van der Waals surface area contributed by atoms with E-state index in [2.05, 4.69) is 18.7 Å². The second-order valence-electron chi connectivity index (χ2n) is 3.84. The monoisotopic (exact) mass is 214 g/mol. The molecule has 0 heterocycles. The van der Waals surface area contributed by atoms with Crippen molar-refractivity contribution < 1.29 is 0 Å². The standard InChI is InChI=1S/C11H22N2S/c1-3-13(4-2)11(12)9-14-10-7-5-6-8-10/h10,12H,3-9H2,1-2H3. The molecule has 1 aliphatic carbocycles. The van der Waals surface area contributed by atoms with Crippen LogP contribution in [-0.4, -0.2) is 34.8 Å². The van der Waals surface area contributed by atoms with Gasteiger partial charge in [-0.25, -0.2) is 0 Å². The van der Waals surface area contributed by atoms with Crippen molar-refractivity contribution >= 4 is 17.6 Å². The van der Waals surface area contributed by atoms with Gasteiger partial charge in [0.1, 0.15) is 5.84 Å². The molecule has 1 rings (SSSR count). The zero-order chi connectivity index (χ0) is 10.4. The van der Waals surface area contributed by atoms with Crippen LogP contribution in [0, 0.1) is 5.41 Å². The van der Waals surface area contributed by atoms with Gasteiger partial charge in [-0.2, -0.15) is 11.8 Å². The van der Waals surface area contributed by atoms with Gasteiger partial charge in [0.05, 0.1) is 5.75 Å². The van der Waals surface area contributed by atoms with Crippen LogP contribution in [0.3, 0.4) is 0 Å². The van der Waals surface area contributed by atoms with E-state index in [-0.39, 0.29) is 0 Å². The summed E-state index contributed by atoms with van der Waals surface area (Å²) >= 11 is 1.98. The molecule has 14 heavy (non-hydrogen) atoms. The Morgan fingerprint density at radius 3 is 2.36 bits per heavy atom. The van der Waals surface area contributed by atoms with Gasteiger partial charge in [-0.05, 0) is 26.7 Å². The summed E-state index contributed by atoms with van der Waals surface area (Å²) in [4.78, 5) is 2.14. The zero-order valence-electron chi connectivity index (χ0n) is 9.38. The molecule has 1 saturated carbocycles. The minimum atomic E-state index is 0.812. The first kappa shape index (κ1) is 11.9. The molecule has 0 aromatic carbocycles. The van der Waals surface area contributed by atoms with Crippen LogP contribution in [0.4, 0.5) is 0 Å². The SMILES string of the molecule is CCN(CC)C(=N)CSC1CCCC1. The third-order valence-electron chi connectivity index (χ3n) is 2.90. The number of hydrogen-bond donors (Lipinski definition) is 1. The summed E-state index contributed by atoms with van der Waals surface area (Å²) in [6.45, 7) is 6.19. The average molecular weight is 214 g/mol. The highest BCUT2D eigenvalue weighted by Gasteiger charge is 2.16. The first-order chi connectivity index (χ1) is 6.77. The minimum absolute atomic E-state index is 0.812. The van der Waals surface area contributed by atoms with Crippen molar-refractivity contribution in [2.75, 3.05) is 18.8 Å². The Hall–Kier alpha value is -0.180. The Labute approximate surface area is 92.0 Å². The topological polar surface area (TPSA) is 27.1 Å². The molecule has 1 fully saturated rings. The summed E-state index contributed by atoms with van der Waals surface area (Å²) in [5, 5.41) is 8.75. The van der Waals surface area contributed by atoms with Crippen LogP contribution in [0.25, 0.3) is 0 Å². The molecular weight excluding hydrogens is 192 g/mol. The van der Waals surface area contributed by atoms with Crippen molar-refractivity contribution in [2.24, 2.45) is 0 Å². The molecule has 0 unspecified atom stereocenters. The molecule has 0 spiro atoms. The smallest absolute Gasteiger partial charge is 0.106 e. The van der Waals surface area contributed by atoms with Crippen molar-refractivity contribution in [1.82, 2.24) is 4.90 Å². The molecule has 0 aromatic rings. The van der Waals surface area contributed by atoms with Gasteiger partial charge in [-0.3, -0.25) is 5.41 Å². The summed E-state index contributed by atoms with van der Waals surface area (Å²) in [5.41, 5.74) is 0. The number of nitrogens with zero attached hydrogens (tertiary/aromatic N) is 1. The van der Waals surface area contributed by atoms with Gasteiger partial charge < -0.3 is 4.90 Å². The summed E-state index contributed by atoms with van der Waals surface area (Å²) in [6, 6.07) is 0. The highest BCUT2D eigenvalue weighted by atomic mass is 32.2. The summed E-state index contributed by atoms with van der Waals surface area (Å²) in [7, 11) is 0. The summed E-state index contributed by atoms with van der Waals surface area (Å²) in [6.07, 6.45) is 5.54. The molecule has 3 heteroatoms. The third-order valence-corrected chi connectivity index (χ3v) is 4.29. The lowest BCUT2D eigenvalue weighted by Crippen LogP contribution is -2.31.